The van der Waals surface area contributed by atoms with Gasteiger partial charge in [0.1, 0.15) is 5.69 Å². The van der Waals surface area contributed by atoms with Gasteiger partial charge in [0.05, 0.1) is 12.5 Å². The van der Waals surface area contributed by atoms with Crippen LogP contribution >= 0.6 is 27.3 Å². The Morgan fingerprint density at radius 2 is 2.14 bits per heavy atom. The molecule has 0 atom stereocenters. The van der Waals surface area contributed by atoms with Crippen LogP contribution in [0.3, 0.4) is 0 Å². The molecule has 3 aromatic rings. The third-order valence-corrected chi connectivity index (χ3v) is 4.55. The average Bonchev–Trinajstić information content (AvgIpc) is 3.16. The van der Waals surface area contributed by atoms with Crippen LogP contribution in [-0.4, -0.2) is 17.4 Å². The fourth-order valence-electron chi connectivity index (χ4n) is 1.95. The fraction of sp³-hybridized carbons (Fsp3) is 0.125. The Kier molecular flexibility index (Phi) is 4.70. The van der Waals surface area contributed by atoms with Crippen molar-refractivity contribution in [3.63, 3.8) is 0 Å². The molecule has 0 saturated heterocycles. The second-order valence-corrected chi connectivity index (χ2v) is 6.12. The zero-order chi connectivity index (χ0) is 15.4. The summed E-state index contributed by atoms with van der Waals surface area (Å²) in [7, 11) is 0. The maximum atomic E-state index is 5.49. The fourth-order valence-corrected chi connectivity index (χ4v) is 3.22. The third kappa shape index (κ3) is 3.13. The maximum absolute atomic E-state index is 5.49. The SMILES string of the molecule is CCN=c1scc(-c2ccco2)n1N=Cc1ccccc1Br. The van der Waals surface area contributed by atoms with E-state index in [2.05, 4.69) is 26.0 Å². The summed E-state index contributed by atoms with van der Waals surface area (Å²) >= 11 is 5.08. The Bertz CT molecular complexity index is 846. The van der Waals surface area contributed by atoms with Gasteiger partial charge in [-0.15, -0.1) is 11.3 Å². The van der Waals surface area contributed by atoms with Crippen LogP contribution in [0.2, 0.25) is 0 Å². The van der Waals surface area contributed by atoms with E-state index in [9.17, 15) is 0 Å². The molecule has 0 unspecified atom stereocenters. The second kappa shape index (κ2) is 6.89. The van der Waals surface area contributed by atoms with Gasteiger partial charge in [-0.1, -0.05) is 34.1 Å². The van der Waals surface area contributed by atoms with Gasteiger partial charge in [-0.2, -0.15) is 5.10 Å². The van der Waals surface area contributed by atoms with E-state index < -0.39 is 0 Å². The number of aromatic nitrogens is 1. The molecule has 2 heterocycles. The number of benzene rings is 1. The Balaban J connectivity index is 2.07. The molecule has 0 aliphatic rings. The van der Waals surface area contributed by atoms with Gasteiger partial charge < -0.3 is 4.42 Å². The standard InChI is InChI=1S/C16H14BrN3OS/c1-2-18-16-20(14(11-22-16)15-8-5-9-21-15)19-10-12-6-3-4-7-13(12)17/h3-11H,2H2,1H3. The second-order valence-electron chi connectivity index (χ2n) is 4.43. The van der Waals surface area contributed by atoms with Crippen molar-refractivity contribution in [2.45, 2.75) is 6.92 Å². The number of hydrogen-bond acceptors (Lipinski definition) is 4. The summed E-state index contributed by atoms with van der Waals surface area (Å²) in [5.74, 6) is 0.776. The molecule has 22 heavy (non-hydrogen) atoms. The summed E-state index contributed by atoms with van der Waals surface area (Å²) in [4.78, 5) is 5.33. The van der Waals surface area contributed by atoms with Gasteiger partial charge in [0.2, 0.25) is 4.80 Å². The van der Waals surface area contributed by atoms with Crippen molar-refractivity contribution in [2.75, 3.05) is 6.54 Å². The van der Waals surface area contributed by atoms with Crippen LogP contribution in [0.15, 0.2) is 67.0 Å². The minimum absolute atomic E-state index is 0.711. The van der Waals surface area contributed by atoms with Gasteiger partial charge in [-0.25, -0.2) is 4.68 Å². The molecule has 0 aliphatic carbocycles. The van der Waals surface area contributed by atoms with Crippen LogP contribution in [0.5, 0.6) is 0 Å². The zero-order valence-electron chi connectivity index (χ0n) is 11.9. The molecule has 0 fully saturated rings. The number of hydrogen-bond donors (Lipinski definition) is 0. The van der Waals surface area contributed by atoms with Gasteiger partial charge in [-0.3, -0.25) is 4.99 Å². The molecule has 0 radical (unpaired) electrons. The summed E-state index contributed by atoms with van der Waals surface area (Å²) in [6.45, 7) is 2.72. The van der Waals surface area contributed by atoms with E-state index in [-0.39, 0.29) is 0 Å². The highest BCUT2D eigenvalue weighted by Gasteiger charge is 2.09. The molecule has 2 aromatic heterocycles. The number of furan rings is 1. The first-order chi connectivity index (χ1) is 10.8. The van der Waals surface area contributed by atoms with E-state index >= 15 is 0 Å². The van der Waals surface area contributed by atoms with E-state index in [0.29, 0.717) is 6.54 Å². The molecular weight excluding hydrogens is 362 g/mol. The highest BCUT2D eigenvalue weighted by molar-refractivity contribution is 9.10. The monoisotopic (exact) mass is 375 g/mol. The van der Waals surface area contributed by atoms with Gasteiger partial charge in [0.25, 0.3) is 0 Å². The Morgan fingerprint density at radius 1 is 1.27 bits per heavy atom. The van der Waals surface area contributed by atoms with E-state index in [1.165, 1.54) is 0 Å². The summed E-state index contributed by atoms with van der Waals surface area (Å²) in [5.41, 5.74) is 1.90. The lowest BCUT2D eigenvalue weighted by molar-refractivity contribution is 0.575. The lowest BCUT2D eigenvalue weighted by Gasteiger charge is -2.01. The van der Waals surface area contributed by atoms with Gasteiger partial charge in [0.15, 0.2) is 5.76 Å². The predicted molar refractivity (Wildman–Crippen MR) is 93.2 cm³/mol. The molecule has 0 amide bonds. The van der Waals surface area contributed by atoms with E-state index in [4.69, 9.17) is 4.42 Å². The molecule has 3 rings (SSSR count). The Morgan fingerprint density at radius 3 is 2.86 bits per heavy atom. The van der Waals surface area contributed by atoms with Crippen molar-refractivity contribution in [3.05, 3.63) is 62.9 Å². The maximum Gasteiger partial charge on any atom is 0.206 e. The van der Waals surface area contributed by atoms with Crippen molar-refractivity contribution >= 4 is 33.5 Å². The largest absolute Gasteiger partial charge is 0.463 e. The van der Waals surface area contributed by atoms with Crippen LogP contribution in [0.25, 0.3) is 11.5 Å². The minimum Gasteiger partial charge on any atom is -0.463 e. The Labute approximate surface area is 140 Å². The normalized spacial score (nSPS) is 12.4. The van der Waals surface area contributed by atoms with Crippen molar-refractivity contribution < 1.29 is 4.42 Å². The van der Waals surface area contributed by atoms with Gasteiger partial charge in [0, 0.05) is 22.0 Å². The quantitative estimate of drug-likeness (QED) is 0.624. The molecule has 6 heteroatoms. The third-order valence-electron chi connectivity index (χ3n) is 2.97. The summed E-state index contributed by atoms with van der Waals surface area (Å²) in [6.07, 6.45) is 3.48. The minimum atomic E-state index is 0.711. The van der Waals surface area contributed by atoms with Crippen LogP contribution in [0.1, 0.15) is 12.5 Å². The molecular formula is C16H14BrN3OS. The summed E-state index contributed by atoms with van der Waals surface area (Å²) in [5, 5.41) is 6.59. The molecule has 0 N–H and O–H groups in total. The van der Waals surface area contributed by atoms with Crippen molar-refractivity contribution in [1.29, 1.82) is 0 Å². The lowest BCUT2D eigenvalue weighted by atomic mass is 10.2. The van der Waals surface area contributed by atoms with Crippen molar-refractivity contribution in [2.24, 2.45) is 10.1 Å². The van der Waals surface area contributed by atoms with Crippen LogP contribution in [-0.2, 0) is 0 Å². The van der Waals surface area contributed by atoms with E-state index in [0.717, 1.165) is 26.3 Å². The van der Waals surface area contributed by atoms with Crippen molar-refractivity contribution in [1.82, 2.24) is 4.68 Å². The number of thiazole rings is 1. The van der Waals surface area contributed by atoms with E-state index in [1.807, 2.05) is 59.6 Å². The van der Waals surface area contributed by atoms with Crippen LogP contribution in [0.4, 0.5) is 0 Å². The first kappa shape index (κ1) is 15.0. The smallest absolute Gasteiger partial charge is 0.206 e. The molecule has 112 valence electrons. The summed E-state index contributed by atoms with van der Waals surface area (Å²) < 4.78 is 8.30. The molecule has 4 nitrogen and oxygen atoms in total. The number of rotatable bonds is 4. The number of halogens is 1. The highest BCUT2D eigenvalue weighted by atomic mass is 79.9. The lowest BCUT2D eigenvalue weighted by Crippen LogP contribution is -2.12. The average molecular weight is 376 g/mol. The van der Waals surface area contributed by atoms with Gasteiger partial charge in [-0.05, 0) is 25.1 Å². The van der Waals surface area contributed by atoms with Gasteiger partial charge >= 0.3 is 0 Å². The molecule has 0 saturated carbocycles. The first-order valence-electron chi connectivity index (χ1n) is 6.83. The predicted octanol–water partition coefficient (Wildman–Crippen LogP) is 4.37. The summed E-state index contributed by atoms with van der Waals surface area (Å²) in [6, 6.07) is 11.7. The Hall–Kier alpha value is -1.92. The van der Waals surface area contributed by atoms with E-state index in [1.54, 1.807) is 17.6 Å². The first-order valence-corrected chi connectivity index (χ1v) is 8.50. The van der Waals surface area contributed by atoms with Crippen LogP contribution in [0, 0.1) is 0 Å². The zero-order valence-corrected chi connectivity index (χ0v) is 14.3. The molecule has 1 aromatic carbocycles. The molecule has 0 bridgehead atoms. The van der Waals surface area contributed by atoms with Crippen LogP contribution < -0.4 is 4.80 Å². The topological polar surface area (TPSA) is 42.8 Å². The highest BCUT2D eigenvalue weighted by Crippen LogP contribution is 2.20. The molecule has 0 spiro atoms. The molecule has 0 aliphatic heterocycles. The van der Waals surface area contributed by atoms with Crippen molar-refractivity contribution in [3.8, 4) is 11.5 Å². The number of nitrogens with zero attached hydrogens (tertiary/aromatic N) is 3.